The van der Waals surface area contributed by atoms with Gasteiger partial charge in [0.05, 0.1) is 11.0 Å². The van der Waals surface area contributed by atoms with Crippen LogP contribution < -0.4 is 16.0 Å². The van der Waals surface area contributed by atoms with Crippen molar-refractivity contribution < 1.29 is 14.1 Å². The summed E-state index contributed by atoms with van der Waals surface area (Å²) in [5, 5.41) is 12.0. The summed E-state index contributed by atoms with van der Waals surface area (Å²) in [5.41, 5.74) is 0. The fraction of sp³-hybridized carbons (Fsp3) is 0.643. The number of carbonyl (C=O) groups excluding carboxylic acids is 2. The highest BCUT2D eigenvalue weighted by Crippen LogP contribution is 2.14. The predicted molar refractivity (Wildman–Crippen MR) is 87.9 cm³/mol. The maximum atomic E-state index is 11.9. The number of rotatable bonds is 9. The third kappa shape index (κ3) is 6.95. The second kappa shape index (κ2) is 9.47. The number of aryl methyl sites for hydroxylation is 1. The lowest BCUT2D eigenvalue weighted by Gasteiger charge is -2.14. The number of carbonyl (C=O) groups is 2. The number of nitrogens with zero attached hydrogens (tertiary/aromatic N) is 1. The van der Waals surface area contributed by atoms with Crippen LogP contribution in [0, 0.1) is 6.92 Å². The van der Waals surface area contributed by atoms with Gasteiger partial charge in [0.1, 0.15) is 5.76 Å². The Morgan fingerprint density at radius 3 is 2.73 bits per heavy atom. The van der Waals surface area contributed by atoms with E-state index in [1.54, 1.807) is 19.9 Å². The van der Waals surface area contributed by atoms with E-state index in [0.29, 0.717) is 18.1 Å². The molecule has 1 rings (SSSR count). The number of hydrogen-bond donors (Lipinski definition) is 3. The average Bonchev–Trinajstić information content (AvgIpc) is 2.88. The summed E-state index contributed by atoms with van der Waals surface area (Å²) in [7, 11) is 0. The Morgan fingerprint density at radius 1 is 1.41 bits per heavy atom. The Labute approximate surface area is 135 Å². The van der Waals surface area contributed by atoms with Gasteiger partial charge in [-0.2, -0.15) is 0 Å². The van der Waals surface area contributed by atoms with E-state index in [9.17, 15) is 9.59 Å². The van der Waals surface area contributed by atoms with Crippen LogP contribution >= 0.6 is 11.8 Å². The quantitative estimate of drug-likeness (QED) is 0.629. The van der Waals surface area contributed by atoms with Gasteiger partial charge in [-0.1, -0.05) is 12.1 Å². The number of aromatic nitrogens is 1. The molecule has 1 heterocycles. The van der Waals surface area contributed by atoms with Crippen LogP contribution in [-0.2, 0) is 9.59 Å². The van der Waals surface area contributed by atoms with Crippen LogP contribution in [0.5, 0.6) is 0 Å². The van der Waals surface area contributed by atoms with E-state index in [0.717, 1.165) is 6.54 Å². The highest BCUT2D eigenvalue weighted by Gasteiger charge is 2.16. The molecule has 3 N–H and O–H groups in total. The molecular weight excluding hydrogens is 304 g/mol. The molecule has 0 fully saturated rings. The van der Waals surface area contributed by atoms with E-state index in [2.05, 4.69) is 21.1 Å². The van der Waals surface area contributed by atoms with Gasteiger partial charge in [-0.25, -0.2) is 0 Å². The van der Waals surface area contributed by atoms with Crippen molar-refractivity contribution in [2.24, 2.45) is 0 Å². The maximum Gasteiger partial charge on any atom is 0.238 e. The Bertz CT molecular complexity index is 492. The zero-order valence-corrected chi connectivity index (χ0v) is 14.3. The molecule has 0 aliphatic rings. The number of nitrogens with one attached hydrogen (secondary N) is 3. The second-order valence-corrected chi connectivity index (χ2v) is 6.36. The van der Waals surface area contributed by atoms with Gasteiger partial charge in [0.25, 0.3) is 0 Å². The van der Waals surface area contributed by atoms with E-state index < -0.39 is 0 Å². The molecule has 124 valence electrons. The van der Waals surface area contributed by atoms with E-state index >= 15 is 0 Å². The van der Waals surface area contributed by atoms with Gasteiger partial charge in [-0.05, 0) is 27.3 Å². The molecule has 22 heavy (non-hydrogen) atoms. The van der Waals surface area contributed by atoms with Crippen molar-refractivity contribution in [3.8, 4) is 0 Å². The molecule has 1 aromatic rings. The first-order valence-electron chi connectivity index (χ1n) is 7.28. The van der Waals surface area contributed by atoms with Gasteiger partial charge in [0.2, 0.25) is 11.8 Å². The topological polar surface area (TPSA) is 96.3 Å². The summed E-state index contributed by atoms with van der Waals surface area (Å²) in [6.45, 7) is 8.97. The molecule has 0 radical (unpaired) electrons. The zero-order chi connectivity index (χ0) is 16.5. The number of likely N-dealkylation sites (N-methyl/N-ethyl adjacent to an activating group) is 1. The van der Waals surface area contributed by atoms with E-state index in [1.165, 1.54) is 11.8 Å². The van der Waals surface area contributed by atoms with E-state index in [1.807, 2.05) is 13.8 Å². The van der Waals surface area contributed by atoms with Gasteiger partial charge >= 0.3 is 0 Å². The average molecular weight is 328 g/mol. The van der Waals surface area contributed by atoms with Crippen molar-refractivity contribution in [3.05, 3.63) is 11.8 Å². The molecule has 0 aliphatic heterocycles. The molecule has 0 bridgehead atoms. The fourth-order valence-corrected chi connectivity index (χ4v) is 2.38. The van der Waals surface area contributed by atoms with Crippen LogP contribution in [-0.4, -0.2) is 47.1 Å². The minimum Gasteiger partial charge on any atom is -0.360 e. The van der Waals surface area contributed by atoms with Gasteiger partial charge in [0, 0.05) is 18.7 Å². The molecule has 2 atom stereocenters. The summed E-state index contributed by atoms with van der Waals surface area (Å²) < 4.78 is 4.88. The fourth-order valence-electron chi connectivity index (χ4n) is 1.67. The molecule has 1 unspecified atom stereocenters. The first-order valence-corrected chi connectivity index (χ1v) is 8.33. The minimum absolute atomic E-state index is 0.0771. The lowest BCUT2D eigenvalue weighted by Crippen LogP contribution is -2.39. The van der Waals surface area contributed by atoms with Crippen LogP contribution in [0.1, 0.15) is 26.5 Å². The number of anilines is 1. The van der Waals surface area contributed by atoms with Crippen molar-refractivity contribution in [2.75, 3.05) is 24.2 Å². The standard InChI is InChI=1S/C14H24N4O3S/c1-5-15-9(2)7-16-13(19)8-22-11(4)14(20)17-12-6-10(3)21-18-12/h6,9,11,15H,5,7-8H2,1-4H3,(H,16,19)(H,17,18,20)/t9-,11?/m1/s1. The Hall–Kier alpha value is -1.54. The maximum absolute atomic E-state index is 11.9. The largest absolute Gasteiger partial charge is 0.360 e. The zero-order valence-electron chi connectivity index (χ0n) is 13.4. The molecule has 0 aromatic carbocycles. The van der Waals surface area contributed by atoms with E-state index in [4.69, 9.17) is 4.52 Å². The summed E-state index contributed by atoms with van der Waals surface area (Å²) in [4.78, 5) is 23.7. The summed E-state index contributed by atoms with van der Waals surface area (Å²) >= 11 is 1.28. The van der Waals surface area contributed by atoms with Crippen LogP contribution in [0.3, 0.4) is 0 Å². The van der Waals surface area contributed by atoms with Crippen LogP contribution in [0.2, 0.25) is 0 Å². The molecule has 0 saturated heterocycles. The molecule has 1 aromatic heterocycles. The molecule has 8 heteroatoms. The van der Waals surface area contributed by atoms with Crippen molar-refractivity contribution >= 4 is 29.4 Å². The first-order chi connectivity index (χ1) is 10.4. The Morgan fingerprint density at radius 2 is 2.14 bits per heavy atom. The SMILES string of the molecule is CCN[C@H](C)CNC(=O)CSC(C)C(=O)Nc1cc(C)on1. The smallest absolute Gasteiger partial charge is 0.238 e. The van der Waals surface area contributed by atoms with Crippen molar-refractivity contribution in [1.29, 1.82) is 0 Å². The number of thioether (sulfide) groups is 1. The third-order valence-electron chi connectivity index (χ3n) is 2.87. The van der Waals surface area contributed by atoms with Crippen molar-refractivity contribution in [1.82, 2.24) is 15.8 Å². The molecule has 7 nitrogen and oxygen atoms in total. The van der Waals surface area contributed by atoms with Crippen LogP contribution in [0.4, 0.5) is 5.82 Å². The molecule has 0 spiro atoms. The van der Waals surface area contributed by atoms with E-state index in [-0.39, 0.29) is 28.9 Å². The summed E-state index contributed by atoms with van der Waals surface area (Å²) in [6, 6.07) is 1.87. The van der Waals surface area contributed by atoms with Crippen LogP contribution in [0.25, 0.3) is 0 Å². The van der Waals surface area contributed by atoms with Gasteiger partial charge < -0.3 is 20.5 Å². The lowest BCUT2D eigenvalue weighted by atomic mass is 10.3. The Balaban J connectivity index is 2.25. The number of hydrogen-bond acceptors (Lipinski definition) is 6. The monoisotopic (exact) mass is 328 g/mol. The Kier molecular flexibility index (Phi) is 7.97. The molecule has 2 amide bonds. The number of amides is 2. The lowest BCUT2D eigenvalue weighted by molar-refractivity contribution is -0.118. The molecule has 0 saturated carbocycles. The summed E-state index contributed by atoms with van der Waals surface area (Å²) in [6.07, 6.45) is 0. The third-order valence-corrected chi connectivity index (χ3v) is 4.01. The predicted octanol–water partition coefficient (Wildman–Crippen LogP) is 1.16. The highest BCUT2D eigenvalue weighted by atomic mass is 32.2. The van der Waals surface area contributed by atoms with Crippen molar-refractivity contribution in [2.45, 2.75) is 39.0 Å². The normalized spacial score (nSPS) is 13.5. The summed E-state index contributed by atoms with van der Waals surface area (Å²) in [5.74, 6) is 0.980. The van der Waals surface area contributed by atoms with Gasteiger partial charge in [-0.15, -0.1) is 11.8 Å². The van der Waals surface area contributed by atoms with Crippen molar-refractivity contribution in [3.63, 3.8) is 0 Å². The first kappa shape index (κ1) is 18.5. The van der Waals surface area contributed by atoms with Gasteiger partial charge in [0.15, 0.2) is 5.82 Å². The second-order valence-electron chi connectivity index (χ2n) is 5.03. The minimum atomic E-state index is -0.353. The van der Waals surface area contributed by atoms with Crippen LogP contribution in [0.15, 0.2) is 10.6 Å². The van der Waals surface area contributed by atoms with Gasteiger partial charge in [-0.3, -0.25) is 9.59 Å². The molecule has 0 aliphatic carbocycles. The highest BCUT2D eigenvalue weighted by molar-refractivity contribution is 8.01. The molecular formula is C14H24N4O3S.